The summed E-state index contributed by atoms with van der Waals surface area (Å²) in [5.74, 6) is -0.352. The summed E-state index contributed by atoms with van der Waals surface area (Å²) >= 11 is 6.06. The first-order valence-corrected chi connectivity index (χ1v) is 10.3. The van der Waals surface area contributed by atoms with Crippen LogP contribution in [0.4, 0.5) is 0 Å². The van der Waals surface area contributed by atoms with Gasteiger partial charge in [-0.25, -0.2) is 9.78 Å². The smallest absolute Gasteiger partial charge is 0.338 e. The lowest BCUT2D eigenvalue weighted by Crippen LogP contribution is -2.30. The van der Waals surface area contributed by atoms with Crippen LogP contribution >= 0.6 is 11.6 Å². The van der Waals surface area contributed by atoms with Crippen molar-refractivity contribution in [2.45, 2.75) is 31.2 Å². The van der Waals surface area contributed by atoms with Crippen LogP contribution in [-0.4, -0.2) is 35.3 Å². The van der Waals surface area contributed by atoms with Gasteiger partial charge in [-0.3, -0.25) is 0 Å². The van der Waals surface area contributed by atoms with Gasteiger partial charge in [0.15, 0.2) is 5.79 Å². The third-order valence-corrected chi connectivity index (χ3v) is 5.28. The van der Waals surface area contributed by atoms with E-state index in [4.69, 9.17) is 25.8 Å². The fraction of sp³-hybridized carbons (Fsp3) is 0.304. The molecular weight excluding hydrogens is 404 g/mol. The Morgan fingerprint density at radius 1 is 1.20 bits per heavy atom. The van der Waals surface area contributed by atoms with E-state index < -0.39 is 5.79 Å². The van der Waals surface area contributed by atoms with Gasteiger partial charge in [0.05, 0.1) is 12.2 Å². The molecule has 1 aliphatic rings. The molecule has 0 saturated carbocycles. The number of aromatic amines is 1. The molecule has 7 heteroatoms. The number of nitrogens with one attached hydrogen (secondary N) is 1. The number of ether oxygens (including phenoxy) is 3. The molecule has 0 aliphatic carbocycles. The van der Waals surface area contributed by atoms with Gasteiger partial charge < -0.3 is 19.2 Å². The SMILES string of the molecule is O=C(OC[C@H]1CO[C@](CCCc2ncc[nH]2)(c2ccc(Cl)cc2)O1)c1ccccc1. The first kappa shape index (κ1) is 20.6. The standard InChI is InChI=1S/C23H23ClN2O4/c24-19-10-8-18(9-11-19)23(12-4-7-21-25-13-14-26-21)29-16-20(30-23)15-28-22(27)17-5-2-1-3-6-17/h1-3,5-6,8-11,13-14,20H,4,7,12,15-16H2,(H,25,26)/t20-,23-/m0/s1. The number of imidazole rings is 1. The van der Waals surface area contributed by atoms with Crippen molar-refractivity contribution in [3.05, 3.63) is 89.0 Å². The van der Waals surface area contributed by atoms with Crippen LogP contribution in [0.1, 0.15) is 34.6 Å². The summed E-state index contributed by atoms with van der Waals surface area (Å²) in [5, 5.41) is 0.649. The topological polar surface area (TPSA) is 73.4 Å². The highest BCUT2D eigenvalue weighted by atomic mass is 35.5. The van der Waals surface area contributed by atoms with E-state index in [0.717, 1.165) is 24.2 Å². The molecule has 30 heavy (non-hydrogen) atoms. The number of carbonyl (C=O) groups excluding carboxylic acids is 1. The Kier molecular flexibility index (Phi) is 6.47. The zero-order chi connectivity index (χ0) is 20.8. The van der Waals surface area contributed by atoms with E-state index in [1.165, 1.54) is 0 Å². The number of hydrogen-bond acceptors (Lipinski definition) is 5. The van der Waals surface area contributed by atoms with Gasteiger partial charge in [0.25, 0.3) is 0 Å². The maximum absolute atomic E-state index is 12.2. The second-order valence-corrected chi connectivity index (χ2v) is 7.60. The summed E-state index contributed by atoms with van der Waals surface area (Å²) in [7, 11) is 0. The highest BCUT2D eigenvalue weighted by molar-refractivity contribution is 6.30. The Morgan fingerprint density at radius 3 is 2.73 bits per heavy atom. The van der Waals surface area contributed by atoms with Crippen molar-refractivity contribution in [1.82, 2.24) is 9.97 Å². The minimum atomic E-state index is -0.902. The van der Waals surface area contributed by atoms with Crippen molar-refractivity contribution in [2.75, 3.05) is 13.2 Å². The number of nitrogens with zero attached hydrogens (tertiary/aromatic N) is 1. The normalized spacial score (nSPS) is 20.9. The van der Waals surface area contributed by atoms with Crippen LogP contribution in [-0.2, 0) is 26.4 Å². The number of benzene rings is 2. The van der Waals surface area contributed by atoms with E-state index in [2.05, 4.69) is 9.97 Å². The van der Waals surface area contributed by atoms with Crippen LogP contribution in [0.15, 0.2) is 67.0 Å². The molecule has 6 nitrogen and oxygen atoms in total. The van der Waals surface area contributed by atoms with E-state index >= 15 is 0 Å². The quantitative estimate of drug-likeness (QED) is 0.536. The Labute approximate surface area is 180 Å². The van der Waals surface area contributed by atoms with Crippen LogP contribution in [0.2, 0.25) is 5.02 Å². The summed E-state index contributed by atoms with van der Waals surface area (Å²) in [6, 6.07) is 16.4. The molecule has 1 fully saturated rings. The van der Waals surface area contributed by atoms with Crippen molar-refractivity contribution in [2.24, 2.45) is 0 Å². The minimum absolute atomic E-state index is 0.126. The fourth-order valence-electron chi connectivity index (χ4n) is 3.53. The van der Waals surface area contributed by atoms with E-state index in [-0.39, 0.29) is 18.7 Å². The molecule has 0 radical (unpaired) electrons. The average molecular weight is 427 g/mol. The monoisotopic (exact) mass is 426 g/mol. The lowest BCUT2D eigenvalue weighted by molar-refractivity contribution is -0.185. The summed E-state index contributed by atoms with van der Waals surface area (Å²) in [6.45, 7) is 0.465. The summed E-state index contributed by atoms with van der Waals surface area (Å²) < 4.78 is 17.9. The Morgan fingerprint density at radius 2 is 2.00 bits per heavy atom. The van der Waals surface area contributed by atoms with Crippen LogP contribution in [0.3, 0.4) is 0 Å². The molecule has 0 bridgehead atoms. The number of esters is 1. The largest absolute Gasteiger partial charge is 0.459 e. The van der Waals surface area contributed by atoms with Crippen LogP contribution < -0.4 is 0 Å². The molecule has 1 aromatic heterocycles. The van der Waals surface area contributed by atoms with Gasteiger partial charge >= 0.3 is 5.97 Å². The number of hydrogen-bond donors (Lipinski definition) is 1. The Bertz CT molecular complexity index is 947. The van der Waals surface area contributed by atoms with Gasteiger partial charge in [0, 0.05) is 35.8 Å². The molecule has 4 rings (SSSR count). The third-order valence-electron chi connectivity index (χ3n) is 5.03. The molecule has 2 heterocycles. The molecule has 2 atom stereocenters. The van der Waals surface area contributed by atoms with Gasteiger partial charge in [-0.05, 0) is 30.7 Å². The fourth-order valence-corrected chi connectivity index (χ4v) is 3.65. The maximum atomic E-state index is 12.2. The van der Waals surface area contributed by atoms with Gasteiger partial charge in [-0.2, -0.15) is 0 Å². The highest BCUT2D eigenvalue weighted by Crippen LogP contribution is 2.39. The Hall–Kier alpha value is -2.67. The van der Waals surface area contributed by atoms with Crippen LogP contribution in [0.5, 0.6) is 0 Å². The highest BCUT2D eigenvalue weighted by Gasteiger charge is 2.43. The number of aryl methyl sites for hydroxylation is 1. The number of rotatable bonds is 8. The third kappa shape index (κ3) is 4.90. The first-order valence-electron chi connectivity index (χ1n) is 9.93. The zero-order valence-electron chi connectivity index (χ0n) is 16.4. The molecule has 156 valence electrons. The molecule has 2 aromatic carbocycles. The summed E-state index contributed by atoms with van der Waals surface area (Å²) in [5.41, 5.74) is 1.40. The second kappa shape index (κ2) is 9.43. The molecule has 0 amide bonds. The number of aromatic nitrogens is 2. The summed E-state index contributed by atoms with van der Waals surface area (Å²) in [4.78, 5) is 19.6. The van der Waals surface area contributed by atoms with Gasteiger partial charge in [-0.15, -0.1) is 0 Å². The maximum Gasteiger partial charge on any atom is 0.338 e. The number of H-pyrrole nitrogens is 1. The first-order chi connectivity index (χ1) is 14.6. The van der Waals surface area contributed by atoms with Gasteiger partial charge in [0.1, 0.15) is 18.5 Å². The van der Waals surface area contributed by atoms with Crippen molar-refractivity contribution >= 4 is 17.6 Å². The Balaban J connectivity index is 1.41. The predicted molar refractivity (Wildman–Crippen MR) is 112 cm³/mol. The second-order valence-electron chi connectivity index (χ2n) is 7.16. The van der Waals surface area contributed by atoms with E-state index in [1.54, 1.807) is 30.5 Å². The molecule has 1 N–H and O–H groups in total. The lowest BCUT2D eigenvalue weighted by atomic mass is 9.99. The van der Waals surface area contributed by atoms with E-state index in [0.29, 0.717) is 23.6 Å². The number of carbonyl (C=O) groups is 1. The summed E-state index contributed by atoms with van der Waals surface area (Å²) in [6.07, 6.45) is 5.43. The van der Waals surface area contributed by atoms with Gasteiger partial charge in [-0.1, -0.05) is 41.9 Å². The van der Waals surface area contributed by atoms with Crippen LogP contribution in [0, 0.1) is 0 Å². The van der Waals surface area contributed by atoms with Crippen molar-refractivity contribution in [3.63, 3.8) is 0 Å². The average Bonchev–Trinajstić information content (AvgIpc) is 3.44. The lowest BCUT2D eigenvalue weighted by Gasteiger charge is -2.28. The van der Waals surface area contributed by atoms with Gasteiger partial charge in [0.2, 0.25) is 0 Å². The van der Waals surface area contributed by atoms with Crippen LogP contribution in [0.25, 0.3) is 0 Å². The minimum Gasteiger partial charge on any atom is -0.459 e. The van der Waals surface area contributed by atoms with E-state index in [1.807, 2.05) is 36.5 Å². The molecular formula is C23H23ClN2O4. The van der Waals surface area contributed by atoms with E-state index in [9.17, 15) is 4.79 Å². The predicted octanol–water partition coefficient (Wildman–Crippen LogP) is 4.51. The molecule has 0 spiro atoms. The molecule has 1 saturated heterocycles. The molecule has 3 aromatic rings. The molecule has 1 aliphatic heterocycles. The van der Waals surface area contributed by atoms with Crippen molar-refractivity contribution in [1.29, 1.82) is 0 Å². The zero-order valence-corrected chi connectivity index (χ0v) is 17.2. The van der Waals surface area contributed by atoms with Crippen molar-refractivity contribution in [3.8, 4) is 0 Å². The van der Waals surface area contributed by atoms with Crippen molar-refractivity contribution < 1.29 is 19.0 Å². The molecule has 0 unspecified atom stereocenters. The number of halogens is 1.